The number of nitrogens with one attached hydrogen (secondary N) is 1. The van der Waals surface area contributed by atoms with Crippen molar-refractivity contribution < 1.29 is 22.7 Å². The molecule has 2 heterocycles. The number of hydrogen-bond acceptors (Lipinski definition) is 5. The number of amides is 1. The van der Waals surface area contributed by atoms with Crippen molar-refractivity contribution in [3.05, 3.63) is 35.3 Å². The maximum atomic E-state index is 12.5. The van der Waals surface area contributed by atoms with Crippen LogP contribution < -0.4 is 10.1 Å². The van der Waals surface area contributed by atoms with E-state index in [4.69, 9.17) is 0 Å². The van der Waals surface area contributed by atoms with Crippen LogP contribution in [-0.4, -0.2) is 35.2 Å². The van der Waals surface area contributed by atoms with Gasteiger partial charge in [-0.2, -0.15) is 0 Å². The van der Waals surface area contributed by atoms with Crippen LogP contribution in [0.3, 0.4) is 0 Å². The number of rotatable bonds is 4. The van der Waals surface area contributed by atoms with Crippen LogP contribution in [-0.2, 0) is 0 Å². The van der Waals surface area contributed by atoms with Gasteiger partial charge in [-0.3, -0.25) is 4.79 Å². The van der Waals surface area contributed by atoms with Crippen molar-refractivity contribution in [2.75, 3.05) is 18.4 Å². The fraction of sp³-hybridized carbons (Fsp3) is 0.412. The third-order valence-electron chi connectivity index (χ3n) is 4.01. The molecule has 0 saturated carbocycles. The lowest BCUT2D eigenvalue weighted by Crippen LogP contribution is -2.39. The fourth-order valence-electron chi connectivity index (χ4n) is 2.83. The molecule has 1 N–H and O–H groups in total. The molecular formula is C17H18F3N3O2S. The summed E-state index contributed by atoms with van der Waals surface area (Å²) >= 11 is 1.27. The molecule has 1 saturated heterocycles. The predicted octanol–water partition coefficient (Wildman–Crippen LogP) is 4.66. The highest BCUT2D eigenvalue weighted by atomic mass is 32.1. The average molecular weight is 385 g/mol. The van der Waals surface area contributed by atoms with Crippen LogP contribution in [0, 0.1) is 5.92 Å². The summed E-state index contributed by atoms with van der Waals surface area (Å²) in [7, 11) is 0. The minimum absolute atomic E-state index is 0.0882. The van der Waals surface area contributed by atoms with Gasteiger partial charge in [0.25, 0.3) is 5.91 Å². The molecule has 1 aromatic carbocycles. The van der Waals surface area contributed by atoms with Crippen LogP contribution in [0.2, 0.25) is 0 Å². The number of anilines is 2. The van der Waals surface area contributed by atoms with Crippen LogP contribution in [0.25, 0.3) is 0 Å². The van der Waals surface area contributed by atoms with Gasteiger partial charge in [0.1, 0.15) is 11.4 Å². The number of ether oxygens (including phenoxy) is 1. The maximum absolute atomic E-state index is 12.5. The first-order chi connectivity index (χ1) is 12.3. The Bertz CT molecular complexity index is 761. The van der Waals surface area contributed by atoms with E-state index in [-0.39, 0.29) is 11.7 Å². The molecule has 2 aromatic rings. The van der Waals surface area contributed by atoms with Crippen molar-refractivity contribution in [2.45, 2.75) is 26.1 Å². The normalized spacial score (nSPS) is 17.8. The van der Waals surface area contributed by atoms with Gasteiger partial charge in [0, 0.05) is 24.2 Å². The Morgan fingerprint density at radius 2 is 2.08 bits per heavy atom. The highest BCUT2D eigenvalue weighted by molar-refractivity contribution is 7.14. The van der Waals surface area contributed by atoms with Crippen molar-refractivity contribution in [1.82, 2.24) is 9.88 Å². The molecule has 1 aliphatic heterocycles. The summed E-state index contributed by atoms with van der Waals surface area (Å²) in [6.07, 6.45) is -2.60. The third-order valence-corrected chi connectivity index (χ3v) is 4.76. The van der Waals surface area contributed by atoms with Gasteiger partial charge in [-0.25, -0.2) is 4.98 Å². The quantitative estimate of drug-likeness (QED) is 0.832. The van der Waals surface area contributed by atoms with Crippen LogP contribution in [0.1, 0.15) is 30.3 Å². The zero-order valence-corrected chi connectivity index (χ0v) is 14.9. The molecule has 0 bridgehead atoms. The van der Waals surface area contributed by atoms with E-state index < -0.39 is 6.36 Å². The Hall–Kier alpha value is -2.29. The van der Waals surface area contributed by atoms with Gasteiger partial charge < -0.3 is 15.0 Å². The van der Waals surface area contributed by atoms with Gasteiger partial charge in [-0.15, -0.1) is 24.5 Å². The number of nitrogens with zero attached hydrogens (tertiary/aromatic N) is 2. The second-order valence-corrected chi connectivity index (χ2v) is 7.09. The van der Waals surface area contributed by atoms with E-state index in [9.17, 15) is 18.0 Å². The van der Waals surface area contributed by atoms with E-state index >= 15 is 0 Å². The molecule has 0 radical (unpaired) electrons. The number of piperidine rings is 1. The van der Waals surface area contributed by atoms with Crippen molar-refractivity contribution in [2.24, 2.45) is 5.92 Å². The van der Waals surface area contributed by atoms with E-state index in [1.807, 2.05) is 4.90 Å². The lowest BCUT2D eigenvalue weighted by atomic mass is 10.0. The van der Waals surface area contributed by atoms with E-state index in [0.717, 1.165) is 25.9 Å². The molecule has 1 aliphatic rings. The monoisotopic (exact) mass is 385 g/mol. The first kappa shape index (κ1) is 18.5. The molecule has 1 amide bonds. The Kier molecular flexibility index (Phi) is 5.36. The molecule has 5 nitrogen and oxygen atoms in total. The SMILES string of the molecule is CC1CCCN(C(=O)c2csc(Nc3ccc(OC(F)(F)F)cc3)n2)C1. The summed E-state index contributed by atoms with van der Waals surface area (Å²) in [4.78, 5) is 18.6. The molecular weight excluding hydrogens is 367 g/mol. The highest BCUT2D eigenvalue weighted by Gasteiger charge is 2.31. The second kappa shape index (κ2) is 7.53. The van der Waals surface area contributed by atoms with Gasteiger partial charge in [0.05, 0.1) is 0 Å². The molecule has 3 rings (SSSR count). The summed E-state index contributed by atoms with van der Waals surface area (Å²) in [5.74, 6) is 0.105. The van der Waals surface area contributed by atoms with Crippen LogP contribution in [0.15, 0.2) is 29.6 Å². The molecule has 140 valence electrons. The summed E-state index contributed by atoms with van der Waals surface area (Å²) in [5, 5.41) is 5.17. The van der Waals surface area contributed by atoms with Gasteiger partial charge in [-0.05, 0) is 43.0 Å². The average Bonchev–Trinajstić information content (AvgIpc) is 3.03. The first-order valence-electron chi connectivity index (χ1n) is 8.18. The lowest BCUT2D eigenvalue weighted by Gasteiger charge is -2.30. The molecule has 26 heavy (non-hydrogen) atoms. The second-order valence-electron chi connectivity index (χ2n) is 6.23. The fourth-order valence-corrected chi connectivity index (χ4v) is 3.53. The van der Waals surface area contributed by atoms with E-state index in [1.165, 1.54) is 35.6 Å². The summed E-state index contributed by atoms with van der Waals surface area (Å²) < 4.78 is 40.3. The number of likely N-dealkylation sites (tertiary alicyclic amines) is 1. The Balaban J connectivity index is 1.62. The molecule has 1 atom stereocenters. The number of carbonyl (C=O) groups excluding carboxylic acids is 1. The Morgan fingerprint density at radius 1 is 1.35 bits per heavy atom. The number of halogens is 3. The Labute approximate surface area is 152 Å². The van der Waals surface area contributed by atoms with Crippen molar-refractivity contribution in [3.8, 4) is 5.75 Å². The van der Waals surface area contributed by atoms with Crippen LogP contribution in [0.4, 0.5) is 24.0 Å². The first-order valence-corrected chi connectivity index (χ1v) is 9.06. The van der Waals surface area contributed by atoms with Gasteiger partial charge in [-0.1, -0.05) is 6.92 Å². The largest absolute Gasteiger partial charge is 0.573 e. The molecule has 9 heteroatoms. The summed E-state index contributed by atoms with van der Waals surface area (Å²) in [6, 6.07) is 5.34. The number of benzene rings is 1. The zero-order chi connectivity index (χ0) is 18.7. The van der Waals surface area contributed by atoms with Gasteiger partial charge in [0.2, 0.25) is 0 Å². The number of thiazole rings is 1. The third kappa shape index (κ3) is 4.87. The maximum Gasteiger partial charge on any atom is 0.573 e. The number of carbonyl (C=O) groups is 1. The zero-order valence-electron chi connectivity index (χ0n) is 14.0. The van der Waals surface area contributed by atoms with Gasteiger partial charge >= 0.3 is 6.36 Å². The Morgan fingerprint density at radius 3 is 2.73 bits per heavy atom. The smallest absolute Gasteiger partial charge is 0.406 e. The number of alkyl halides is 3. The van der Waals surface area contributed by atoms with Crippen molar-refractivity contribution in [3.63, 3.8) is 0 Å². The van der Waals surface area contributed by atoms with Crippen molar-refractivity contribution >= 4 is 28.1 Å². The molecule has 0 aliphatic carbocycles. The minimum Gasteiger partial charge on any atom is -0.406 e. The molecule has 1 aromatic heterocycles. The van der Waals surface area contributed by atoms with Crippen LogP contribution in [0.5, 0.6) is 5.75 Å². The van der Waals surface area contributed by atoms with Crippen molar-refractivity contribution in [1.29, 1.82) is 0 Å². The lowest BCUT2D eigenvalue weighted by molar-refractivity contribution is -0.274. The van der Waals surface area contributed by atoms with Crippen LogP contribution >= 0.6 is 11.3 Å². The molecule has 1 unspecified atom stereocenters. The van der Waals surface area contributed by atoms with E-state index in [2.05, 4.69) is 22.0 Å². The highest BCUT2D eigenvalue weighted by Crippen LogP contribution is 2.27. The molecule has 1 fully saturated rings. The van der Waals surface area contributed by atoms with E-state index in [1.54, 1.807) is 5.38 Å². The number of hydrogen-bond donors (Lipinski definition) is 1. The summed E-state index contributed by atoms with van der Waals surface area (Å²) in [6.45, 7) is 3.60. The minimum atomic E-state index is -4.72. The topological polar surface area (TPSA) is 54.5 Å². The molecule has 0 spiro atoms. The standard InChI is InChI=1S/C17H18F3N3O2S/c1-11-3-2-8-23(9-11)15(24)14-10-26-16(22-14)21-12-4-6-13(7-5-12)25-17(18,19)20/h4-7,10-11H,2-3,8-9H2,1H3,(H,21,22). The predicted molar refractivity (Wildman–Crippen MR) is 92.8 cm³/mol. The number of aromatic nitrogens is 1. The van der Waals surface area contributed by atoms with E-state index in [0.29, 0.717) is 22.4 Å². The van der Waals surface area contributed by atoms with Gasteiger partial charge in [0.15, 0.2) is 5.13 Å². The summed E-state index contributed by atoms with van der Waals surface area (Å²) in [5.41, 5.74) is 0.933.